The molecule has 0 radical (unpaired) electrons. The van der Waals surface area contributed by atoms with E-state index in [1.54, 1.807) is 11.1 Å². The maximum absolute atomic E-state index is 11.4. The molecule has 1 aliphatic heterocycles. The first-order valence-electron chi connectivity index (χ1n) is 6.10. The Balaban J connectivity index is 1.99. The molecule has 0 aromatic rings. The van der Waals surface area contributed by atoms with Gasteiger partial charge in [0.2, 0.25) is 5.91 Å². The Kier molecular flexibility index (Phi) is 1.80. The molecule has 1 fully saturated rings. The van der Waals surface area contributed by atoms with Gasteiger partial charge in [-0.15, -0.1) is 0 Å². The average molecular weight is 205 g/mol. The fourth-order valence-corrected chi connectivity index (χ4v) is 3.87. The molecule has 2 aliphatic carbocycles. The topological polar surface area (TPSA) is 29.1 Å². The molecule has 1 saturated heterocycles. The summed E-state index contributed by atoms with van der Waals surface area (Å²) in [5, 5.41) is 3.17. The average Bonchev–Trinajstić information content (AvgIpc) is 2.58. The van der Waals surface area contributed by atoms with Gasteiger partial charge in [-0.1, -0.05) is 19.4 Å². The fraction of sp³-hybridized carbons (Fsp3) is 0.769. The summed E-state index contributed by atoms with van der Waals surface area (Å²) in [6.45, 7) is 4.68. The van der Waals surface area contributed by atoms with Gasteiger partial charge in [0.15, 0.2) is 0 Å². The SMILES string of the molecule is CC1(C)CCCC2=C1C1NC(=O)CC1C2. The molecule has 0 bridgehead atoms. The third-order valence-corrected chi connectivity index (χ3v) is 4.45. The summed E-state index contributed by atoms with van der Waals surface area (Å²) in [7, 11) is 0. The number of hydrogen-bond donors (Lipinski definition) is 1. The van der Waals surface area contributed by atoms with Crippen molar-refractivity contribution in [2.45, 2.75) is 52.0 Å². The summed E-state index contributed by atoms with van der Waals surface area (Å²) in [5.41, 5.74) is 3.58. The molecular weight excluding hydrogens is 186 g/mol. The zero-order chi connectivity index (χ0) is 10.6. The van der Waals surface area contributed by atoms with Crippen LogP contribution in [0.5, 0.6) is 0 Å². The largest absolute Gasteiger partial charge is 0.349 e. The lowest BCUT2D eigenvalue weighted by Gasteiger charge is -2.35. The predicted octanol–water partition coefficient (Wildman–Crippen LogP) is 2.40. The molecule has 2 heteroatoms. The van der Waals surface area contributed by atoms with Gasteiger partial charge in [-0.3, -0.25) is 4.79 Å². The normalized spacial score (nSPS) is 37.6. The number of amides is 1. The molecule has 1 amide bonds. The number of fused-ring (bicyclic) bond motifs is 2. The Morgan fingerprint density at radius 1 is 1.33 bits per heavy atom. The van der Waals surface area contributed by atoms with Crippen LogP contribution in [0.15, 0.2) is 11.1 Å². The summed E-state index contributed by atoms with van der Waals surface area (Å²) in [6.07, 6.45) is 5.84. The Hall–Kier alpha value is -0.790. The Labute approximate surface area is 91.1 Å². The third kappa shape index (κ3) is 1.27. The zero-order valence-electron chi connectivity index (χ0n) is 9.60. The second-order valence-corrected chi connectivity index (χ2v) is 5.97. The highest BCUT2D eigenvalue weighted by Gasteiger charge is 2.47. The van der Waals surface area contributed by atoms with Crippen LogP contribution in [0.2, 0.25) is 0 Å². The van der Waals surface area contributed by atoms with Crippen molar-refractivity contribution in [3.8, 4) is 0 Å². The lowest BCUT2D eigenvalue weighted by Crippen LogP contribution is -2.35. The van der Waals surface area contributed by atoms with E-state index in [1.165, 1.54) is 25.7 Å². The number of nitrogens with one attached hydrogen (secondary N) is 1. The van der Waals surface area contributed by atoms with Crippen LogP contribution in [-0.4, -0.2) is 11.9 Å². The van der Waals surface area contributed by atoms with E-state index < -0.39 is 0 Å². The zero-order valence-corrected chi connectivity index (χ0v) is 9.60. The molecule has 15 heavy (non-hydrogen) atoms. The highest BCUT2D eigenvalue weighted by molar-refractivity contribution is 5.80. The van der Waals surface area contributed by atoms with Gasteiger partial charge >= 0.3 is 0 Å². The summed E-state index contributed by atoms with van der Waals surface area (Å²) in [4.78, 5) is 11.4. The molecule has 2 unspecified atom stereocenters. The second-order valence-electron chi connectivity index (χ2n) is 5.97. The van der Waals surface area contributed by atoms with Crippen molar-refractivity contribution in [1.29, 1.82) is 0 Å². The molecule has 3 aliphatic rings. The van der Waals surface area contributed by atoms with Crippen LogP contribution in [0.4, 0.5) is 0 Å². The molecule has 82 valence electrons. The van der Waals surface area contributed by atoms with Gasteiger partial charge in [-0.2, -0.15) is 0 Å². The molecule has 0 saturated carbocycles. The van der Waals surface area contributed by atoms with E-state index in [0.29, 0.717) is 17.4 Å². The summed E-state index contributed by atoms with van der Waals surface area (Å²) < 4.78 is 0. The molecule has 0 spiro atoms. The van der Waals surface area contributed by atoms with E-state index in [0.717, 1.165) is 6.42 Å². The maximum atomic E-state index is 11.4. The van der Waals surface area contributed by atoms with Gasteiger partial charge in [-0.05, 0) is 42.6 Å². The molecule has 3 rings (SSSR count). The van der Waals surface area contributed by atoms with E-state index in [9.17, 15) is 4.79 Å². The molecule has 1 N–H and O–H groups in total. The van der Waals surface area contributed by atoms with Crippen molar-refractivity contribution >= 4 is 5.91 Å². The van der Waals surface area contributed by atoms with Crippen LogP contribution in [0, 0.1) is 11.3 Å². The first-order chi connectivity index (χ1) is 7.08. The summed E-state index contributed by atoms with van der Waals surface area (Å²) in [6, 6.07) is 0.391. The smallest absolute Gasteiger partial charge is 0.220 e. The molecule has 2 atom stereocenters. The first kappa shape index (κ1) is 9.44. The van der Waals surface area contributed by atoms with Crippen molar-refractivity contribution in [2.24, 2.45) is 11.3 Å². The van der Waals surface area contributed by atoms with Gasteiger partial charge in [0.05, 0.1) is 6.04 Å². The van der Waals surface area contributed by atoms with E-state index in [1.807, 2.05) is 0 Å². The van der Waals surface area contributed by atoms with Crippen molar-refractivity contribution < 1.29 is 4.79 Å². The van der Waals surface area contributed by atoms with Gasteiger partial charge in [-0.25, -0.2) is 0 Å². The lowest BCUT2D eigenvalue weighted by molar-refractivity contribution is -0.119. The Morgan fingerprint density at radius 2 is 2.13 bits per heavy atom. The van der Waals surface area contributed by atoms with E-state index in [2.05, 4.69) is 19.2 Å². The maximum Gasteiger partial charge on any atom is 0.220 e. The Bertz CT molecular complexity index is 354. The quantitative estimate of drug-likeness (QED) is 0.604. The van der Waals surface area contributed by atoms with Crippen LogP contribution >= 0.6 is 0 Å². The van der Waals surface area contributed by atoms with Crippen LogP contribution in [-0.2, 0) is 4.79 Å². The number of hydrogen-bond acceptors (Lipinski definition) is 1. The Morgan fingerprint density at radius 3 is 2.93 bits per heavy atom. The number of allylic oxidation sites excluding steroid dienone is 1. The van der Waals surface area contributed by atoms with Gasteiger partial charge in [0.1, 0.15) is 0 Å². The monoisotopic (exact) mass is 205 g/mol. The van der Waals surface area contributed by atoms with Crippen LogP contribution < -0.4 is 5.32 Å². The van der Waals surface area contributed by atoms with Crippen LogP contribution in [0.3, 0.4) is 0 Å². The third-order valence-electron chi connectivity index (χ3n) is 4.45. The van der Waals surface area contributed by atoms with Gasteiger partial charge < -0.3 is 5.32 Å². The number of rotatable bonds is 0. The number of carbonyl (C=O) groups is 1. The van der Waals surface area contributed by atoms with Crippen LogP contribution in [0.1, 0.15) is 46.0 Å². The van der Waals surface area contributed by atoms with Gasteiger partial charge in [0.25, 0.3) is 0 Å². The summed E-state index contributed by atoms with van der Waals surface area (Å²) in [5.74, 6) is 0.845. The summed E-state index contributed by atoms with van der Waals surface area (Å²) >= 11 is 0. The van der Waals surface area contributed by atoms with E-state index >= 15 is 0 Å². The van der Waals surface area contributed by atoms with E-state index in [-0.39, 0.29) is 5.91 Å². The van der Waals surface area contributed by atoms with Crippen molar-refractivity contribution in [1.82, 2.24) is 5.32 Å². The minimum atomic E-state index is 0.262. The molecule has 0 aromatic carbocycles. The molecule has 1 heterocycles. The van der Waals surface area contributed by atoms with Crippen LogP contribution in [0.25, 0.3) is 0 Å². The fourth-order valence-electron chi connectivity index (χ4n) is 3.87. The van der Waals surface area contributed by atoms with Crippen molar-refractivity contribution in [2.75, 3.05) is 0 Å². The molecular formula is C13H19NO. The molecule has 0 aromatic heterocycles. The van der Waals surface area contributed by atoms with Crippen molar-refractivity contribution in [3.05, 3.63) is 11.1 Å². The first-order valence-corrected chi connectivity index (χ1v) is 6.10. The molecule has 2 nitrogen and oxygen atoms in total. The van der Waals surface area contributed by atoms with Gasteiger partial charge in [0, 0.05) is 6.42 Å². The highest BCUT2D eigenvalue weighted by Crippen LogP contribution is 2.51. The minimum absolute atomic E-state index is 0.262. The number of carbonyl (C=O) groups excluding carboxylic acids is 1. The highest BCUT2D eigenvalue weighted by atomic mass is 16.2. The minimum Gasteiger partial charge on any atom is -0.349 e. The van der Waals surface area contributed by atoms with E-state index in [4.69, 9.17) is 0 Å². The lowest BCUT2D eigenvalue weighted by atomic mass is 9.72. The predicted molar refractivity (Wildman–Crippen MR) is 59.3 cm³/mol. The van der Waals surface area contributed by atoms with Crippen molar-refractivity contribution in [3.63, 3.8) is 0 Å². The second kappa shape index (κ2) is 2.87. The standard InChI is InChI=1S/C13H19NO/c1-13(2)5-3-4-8-6-9-7-10(15)14-12(9)11(8)13/h9,12H,3-7H2,1-2H3,(H,14,15).